The highest BCUT2D eigenvalue weighted by Crippen LogP contribution is 2.49. The third-order valence-corrected chi connectivity index (χ3v) is 6.84. The van der Waals surface area contributed by atoms with Crippen molar-refractivity contribution in [3.05, 3.63) is 58.7 Å². The molecule has 2 aromatic carbocycles. The molecule has 134 valence electrons. The molecule has 0 aromatic heterocycles. The summed E-state index contributed by atoms with van der Waals surface area (Å²) in [6, 6.07) is 6.51. The van der Waals surface area contributed by atoms with E-state index in [1.807, 2.05) is 6.07 Å². The third kappa shape index (κ3) is 2.65. The lowest BCUT2D eigenvalue weighted by Gasteiger charge is -2.22. The van der Waals surface area contributed by atoms with Gasteiger partial charge in [-0.2, -0.15) is 0 Å². The molecule has 0 bridgehead atoms. The number of aldehydes is 1. The number of carbonyl (C=O) groups is 1. The van der Waals surface area contributed by atoms with Gasteiger partial charge in [-0.3, -0.25) is 4.79 Å². The van der Waals surface area contributed by atoms with Crippen LogP contribution in [0.25, 0.3) is 10.8 Å². The largest absolute Gasteiger partial charge is 0.324 e. The summed E-state index contributed by atoms with van der Waals surface area (Å²) in [7, 11) is 0. The molecule has 0 amide bonds. The van der Waals surface area contributed by atoms with Gasteiger partial charge in [0.25, 0.3) is 0 Å². The first-order valence-electron chi connectivity index (χ1n) is 9.44. The highest BCUT2D eigenvalue weighted by atomic mass is 32.1. The van der Waals surface area contributed by atoms with Gasteiger partial charge in [-0.1, -0.05) is 37.9 Å². The molecular weight excluding hydrogens is 338 g/mol. The van der Waals surface area contributed by atoms with Crippen LogP contribution in [-0.4, -0.2) is 11.2 Å². The number of carbonyl (C=O) groups excluding carboxylic acids is 1. The van der Waals surface area contributed by atoms with Crippen LogP contribution < -0.4 is 5.73 Å². The van der Waals surface area contributed by atoms with Crippen LogP contribution in [0.1, 0.15) is 76.7 Å². The molecule has 2 N–H and O–H groups in total. The van der Waals surface area contributed by atoms with E-state index in [4.69, 9.17) is 18.0 Å². The average Bonchev–Trinajstić information content (AvgIpc) is 3.43. The van der Waals surface area contributed by atoms with Gasteiger partial charge >= 0.3 is 0 Å². The molecule has 0 heterocycles. The van der Waals surface area contributed by atoms with Crippen molar-refractivity contribution in [2.75, 3.05) is 0 Å². The number of hydrogen-bond acceptors (Lipinski definition) is 3. The molecule has 2 aromatic rings. The zero-order valence-corrected chi connectivity index (χ0v) is 16.2. The van der Waals surface area contributed by atoms with E-state index in [1.54, 1.807) is 6.08 Å². The summed E-state index contributed by atoms with van der Waals surface area (Å²) >= 11 is 5.53. The third-order valence-electron chi connectivity index (χ3n) is 6.31. The predicted molar refractivity (Wildman–Crippen MR) is 112 cm³/mol. The summed E-state index contributed by atoms with van der Waals surface area (Å²) in [6.45, 7) is 8.21. The summed E-state index contributed by atoms with van der Waals surface area (Å²) in [6.07, 6.45) is 6.14. The van der Waals surface area contributed by atoms with E-state index in [-0.39, 0.29) is 17.9 Å². The van der Waals surface area contributed by atoms with E-state index in [1.165, 1.54) is 34.9 Å². The molecule has 0 saturated heterocycles. The Balaban J connectivity index is 1.98. The minimum atomic E-state index is -0.0448. The number of thiocarbonyl (C=S) groups is 1. The quantitative estimate of drug-likeness (QED) is 0.432. The SMILES string of the molecule is C=CC(=S)C(C)[C@H]1C[C@H](N)c2cc(C=O)c3cc(C4CC4)c(C)cc3c21. The van der Waals surface area contributed by atoms with Crippen LogP contribution in [0.3, 0.4) is 0 Å². The van der Waals surface area contributed by atoms with E-state index in [9.17, 15) is 4.79 Å². The molecule has 3 atom stereocenters. The van der Waals surface area contributed by atoms with E-state index in [2.05, 4.69) is 32.6 Å². The predicted octanol–water partition coefficient (Wildman–Crippen LogP) is 5.52. The van der Waals surface area contributed by atoms with Gasteiger partial charge in [0.1, 0.15) is 0 Å². The van der Waals surface area contributed by atoms with Crippen LogP contribution in [0.15, 0.2) is 30.9 Å². The fraction of sp³-hybridized carbons (Fsp3) is 0.391. The Morgan fingerprint density at radius 1 is 1.27 bits per heavy atom. The molecule has 0 radical (unpaired) electrons. The van der Waals surface area contributed by atoms with Crippen LogP contribution in [-0.2, 0) is 0 Å². The second-order valence-corrected chi connectivity index (χ2v) is 8.43. The highest BCUT2D eigenvalue weighted by Gasteiger charge is 2.36. The van der Waals surface area contributed by atoms with Crippen molar-refractivity contribution >= 4 is 34.1 Å². The Morgan fingerprint density at radius 2 is 2.00 bits per heavy atom. The minimum absolute atomic E-state index is 0.0448. The van der Waals surface area contributed by atoms with Gasteiger partial charge in [-0.15, -0.1) is 0 Å². The Bertz CT molecular complexity index is 941. The first-order valence-corrected chi connectivity index (χ1v) is 9.85. The standard InChI is InChI=1S/C23H25NOS/c1-4-22(26)13(3)17-10-21(24)20-8-15(11-25)18-9-16(14-5-6-14)12(2)7-19(18)23(17)20/h4,7-9,11,13-14,17,21H,1,5-6,10,24H2,2-3H3/t13?,17-,21+/m1/s1. The number of fused-ring (bicyclic) bond motifs is 3. The Kier molecular flexibility index (Phi) is 4.32. The van der Waals surface area contributed by atoms with Crippen molar-refractivity contribution in [3.63, 3.8) is 0 Å². The zero-order valence-electron chi connectivity index (χ0n) is 15.4. The van der Waals surface area contributed by atoms with Crippen LogP contribution in [0.5, 0.6) is 0 Å². The summed E-state index contributed by atoms with van der Waals surface area (Å²) in [5, 5.41) is 2.25. The molecule has 26 heavy (non-hydrogen) atoms. The zero-order chi connectivity index (χ0) is 18.6. The molecule has 2 aliphatic carbocycles. The molecule has 0 aliphatic heterocycles. The first-order chi connectivity index (χ1) is 12.5. The Morgan fingerprint density at radius 3 is 2.62 bits per heavy atom. The minimum Gasteiger partial charge on any atom is -0.324 e. The lowest BCUT2D eigenvalue weighted by Crippen LogP contribution is -2.15. The van der Waals surface area contributed by atoms with Gasteiger partial charge in [-0.05, 0) is 89.1 Å². The van der Waals surface area contributed by atoms with Gasteiger partial charge in [0, 0.05) is 16.5 Å². The monoisotopic (exact) mass is 363 g/mol. The van der Waals surface area contributed by atoms with E-state index in [0.29, 0.717) is 5.92 Å². The molecule has 1 saturated carbocycles. The molecule has 2 aliphatic rings. The number of rotatable bonds is 5. The fourth-order valence-corrected chi connectivity index (χ4v) is 4.84. The van der Waals surface area contributed by atoms with Crippen molar-refractivity contribution in [2.45, 2.75) is 51.0 Å². The second kappa shape index (κ2) is 6.40. The second-order valence-electron chi connectivity index (χ2n) is 7.96. The Hall–Kier alpha value is -1.84. The maximum absolute atomic E-state index is 11.8. The number of benzene rings is 2. The fourth-order valence-electron chi connectivity index (χ4n) is 4.67. The van der Waals surface area contributed by atoms with Crippen molar-refractivity contribution in [3.8, 4) is 0 Å². The van der Waals surface area contributed by atoms with Crippen molar-refractivity contribution in [2.24, 2.45) is 11.7 Å². The number of allylic oxidation sites excluding steroid dienone is 1. The molecule has 2 nitrogen and oxygen atoms in total. The van der Waals surface area contributed by atoms with Crippen molar-refractivity contribution in [1.29, 1.82) is 0 Å². The summed E-state index contributed by atoms with van der Waals surface area (Å²) in [5.74, 6) is 1.15. The summed E-state index contributed by atoms with van der Waals surface area (Å²) < 4.78 is 0. The van der Waals surface area contributed by atoms with Crippen LogP contribution in [0.2, 0.25) is 0 Å². The first kappa shape index (κ1) is 17.6. The molecule has 0 spiro atoms. The van der Waals surface area contributed by atoms with E-state index < -0.39 is 0 Å². The van der Waals surface area contributed by atoms with Crippen molar-refractivity contribution < 1.29 is 4.79 Å². The maximum Gasteiger partial charge on any atom is 0.150 e. The van der Waals surface area contributed by atoms with Gasteiger partial charge in [0.15, 0.2) is 6.29 Å². The van der Waals surface area contributed by atoms with Gasteiger partial charge in [0.2, 0.25) is 0 Å². The summed E-state index contributed by atoms with van der Waals surface area (Å²) in [5.41, 5.74) is 12.4. The van der Waals surface area contributed by atoms with Gasteiger partial charge in [-0.25, -0.2) is 0 Å². The smallest absolute Gasteiger partial charge is 0.150 e. The summed E-state index contributed by atoms with van der Waals surface area (Å²) in [4.78, 5) is 12.7. The van der Waals surface area contributed by atoms with Gasteiger partial charge < -0.3 is 5.73 Å². The average molecular weight is 364 g/mol. The number of nitrogens with two attached hydrogens (primary N) is 1. The molecular formula is C23H25NOS. The molecule has 4 rings (SSSR count). The molecule has 1 fully saturated rings. The van der Waals surface area contributed by atoms with Gasteiger partial charge in [0.05, 0.1) is 0 Å². The normalized spacial score (nSPS) is 22.9. The van der Waals surface area contributed by atoms with Crippen molar-refractivity contribution in [1.82, 2.24) is 0 Å². The van der Waals surface area contributed by atoms with Crippen LogP contribution in [0, 0.1) is 12.8 Å². The van der Waals surface area contributed by atoms with Crippen LogP contribution >= 0.6 is 12.2 Å². The number of aryl methyl sites for hydroxylation is 1. The topological polar surface area (TPSA) is 43.1 Å². The lowest BCUT2D eigenvalue weighted by molar-refractivity contribution is 0.112. The number of hydrogen-bond donors (Lipinski definition) is 1. The van der Waals surface area contributed by atoms with Crippen LogP contribution in [0.4, 0.5) is 0 Å². The highest BCUT2D eigenvalue weighted by molar-refractivity contribution is 7.80. The molecule has 1 unspecified atom stereocenters. The lowest BCUT2D eigenvalue weighted by atomic mass is 9.82. The van der Waals surface area contributed by atoms with E-state index >= 15 is 0 Å². The molecule has 3 heteroatoms. The maximum atomic E-state index is 11.8. The Labute approximate surface area is 160 Å². The van der Waals surface area contributed by atoms with E-state index in [0.717, 1.165) is 34.1 Å².